The lowest BCUT2D eigenvalue weighted by molar-refractivity contribution is 0.624. The molecule has 1 N–H and O–H groups in total. The molecule has 0 bridgehead atoms. The Balaban J connectivity index is 2.20. The zero-order chi connectivity index (χ0) is 11.5. The fourth-order valence-electron chi connectivity index (χ4n) is 1.33. The van der Waals surface area contributed by atoms with Gasteiger partial charge >= 0.3 is 0 Å². The molecule has 0 spiro atoms. The van der Waals surface area contributed by atoms with Crippen LogP contribution in [0.1, 0.15) is 5.56 Å². The molecular weight excluding hydrogens is 249 g/mol. The fourth-order valence-corrected chi connectivity index (χ4v) is 1.68. The van der Waals surface area contributed by atoms with Gasteiger partial charge in [0.1, 0.15) is 5.82 Å². The molecular formula is C10H9ClFN3S. The molecule has 16 heavy (non-hydrogen) atoms. The van der Waals surface area contributed by atoms with E-state index in [0.717, 1.165) is 5.56 Å². The molecule has 2 rings (SSSR count). The normalized spacial score (nSPS) is 10.4. The molecule has 0 aliphatic rings. The van der Waals surface area contributed by atoms with Crippen LogP contribution in [-0.4, -0.2) is 9.78 Å². The van der Waals surface area contributed by atoms with Crippen LogP contribution in [0.4, 0.5) is 10.2 Å². The van der Waals surface area contributed by atoms with Crippen LogP contribution < -0.4 is 4.72 Å². The van der Waals surface area contributed by atoms with E-state index in [0.29, 0.717) is 17.4 Å². The number of nitrogens with one attached hydrogen (secondary N) is 1. The molecule has 1 heterocycles. The van der Waals surface area contributed by atoms with Crippen molar-refractivity contribution in [2.24, 2.45) is 0 Å². The molecule has 2 aromatic rings. The van der Waals surface area contributed by atoms with Gasteiger partial charge in [-0.25, -0.2) is 4.39 Å². The van der Waals surface area contributed by atoms with Crippen LogP contribution in [0.3, 0.4) is 0 Å². The van der Waals surface area contributed by atoms with Crippen LogP contribution in [0.2, 0.25) is 5.02 Å². The van der Waals surface area contributed by atoms with Crippen molar-refractivity contribution in [2.45, 2.75) is 6.54 Å². The van der Waals surface area contributed by atoms with Crippen LogP contribution in [-0.2, 0) is 6.54 Å². The lowest BCUT2D eigenvalue weighted by Gasteiger charge is -2.04. The van der Waals surface area contributed by atoms with Gasteiger partial charge < -0.3 is 4.72 Å². The molecule has 0 fully saturated rings. The maximum Gasteiger partial charge on any atom is 0.157 e. The number of aromatic nitrogens is 2. The van der Waals surface area contributed by atoms with Crippen LogP contribution in [0.15, 0.2) is 30.5 Å². The molecule has 1 aromatic carbocycles. The summed E-state index contributed by atoms with van der Waals surface area (Å²) in [6.07, 6.45) is 1.79. The van der Waals surface area contributed by atoms with E-state index in [1.165, 1.54) is 12.1 Å². The van der Waals surface area contributed by atoms with Crippen LogP contribution in [0.5, 0.6) is 0 Å². The van der Waals surface area contributed by atoms with Gasteiger partial charge in [-0.2, -0.15) is 5.10 Å². The highest BCUT2D eigenvalue weighted by atomic mass is 35.5. The number of nitrogens with zero attached hydrogens (tertiary/aromatic N) is 2. The predicted molar refractivity (Wildman–Crippen MR) is 65.3 cm³/mol. The molecule has 0 unspecified atom stereocenters. The summed E-state index contributed by atoms with van der Waals surface area (Å²) in [6.45, 7) is 0.495. The highest BCUT2D eigenvalue weighted by Crippen LogP contribution is 2.18. The average molecular weight is 258 g/mol. The van der Waals surface area contributed by atoms with E-state index in [9.17, 15) is 4.39 Å². The molecule has 6 heteroatoms. The lowest BCUT2D eigenvalue weighted by atomic mass is 10.2. The second-order valence-corrected chi connectivity index (χ2v) is 3.88. The molecule has 0 aliphatic heterocycles. The van der Waals surface area contributed by atoms with Crippen LogP contribution in [0, 0.1) is 5.82 Å². The predicted octanol–water partition coefficient (Wildman–Crippen LogP) is 2.98. The first kappa shape index (κ1) is 11.3. The van der Waals surface area contributed by atoms with Crippen molar-refractivity contribution in [3.63, 3.8) is 0 Å². The summed E-state index contributed by atoms with van der Waals surface area (Å²) in [5.41, 5.74) is 0.817. The lowest BCUT2D eigenvalue weighted by Crippen LogP contribution is -2.01. The average Bonchev–Trinajstić information content (AvgIpc) is 2.70. The molecule has 0 saturated carbocycles. The monoisotopic (exact) mass is 257 g/mol. The van der Waals surface area contributed by atoms with Crippen molar-refractivity contribution in [3.05, 3.63) is 46.9 Å². The summed E-state index contributed by atoms with van der Waals surface area (Å²) < 4.78 is 17.1. The summed E-state index contributed by atoms with van der Waals surface area (Å²) in [6, 6.07) is 6.10. The number of rotatable bonds is 3. The Morgan fingerprint density at radius 1 is 1.44 bits per heavy atom. The summed E-state index contributed by atoms with van der Waals surface area (Å²) >= 11 is 9.79. The Bertz CT molecular complexity index is 501. The van der Waals surface area contributed by atoms with Gasteiger partial charge in [0, 0.05) is 17.3 Å². The first-order chi connectivity index (χ1) is 7.69. The second kappa shape index (κ2) is 4.76. The van der Waals surface area contributed by atoms with E-state index in [-0.39, 0.29) is 5.82 Å². The van der Waals surface area contributed by atoms with Crippen molar-refractivity contribution >= 4 is 30.2 Å². The number of benzene rings is 1. The Morgan fingerprint density at radius 2 is 2.25 bits per heavy atom. The molecule has 1 aromatic heterocycles. The Labute approximate surface area is 103 Å². The zero-order valence-electron chi connectivity index (χ0n) is 8.19. The van der Waals surface area contributed by atoms with Gasteiger partial charge in [-0.1, -0.05) is 30.5 Å². The third kappa shape index (κ3) is 2.48. The largest absolute Gasteiger partial charge is 0.316 e. The van der Waals surface area contributed by atoms with E-state index >= 15 is 0 Å². The topological polar surface area (TPSA) is 29.9 Å². The van der Waals surface area contributed by atoms with Crippen molar-refractivity contribution in [1.29, 1.82) is 0 Å². The van der Waals surface area contributed by atoms with Gasteiger partial charge in [-0.15, -0.1) is 0 Å². The number of hydrogen-bond acceptors (Lipinski definition) is 3. The number of thiol groups is 1. The molecule has 0 atom stereocenters. The maximum atomic E-state index is 12.8. The van der Waals surface area contributed by atoms with Gasteiger partial charge in [-0.3, -0.25) is 4.68 Å². The highest BCUT2D eigenvalue weighted by molar-refractivity contribution is 7.81. The Kier molecular flexibility index (Phi) is 3.36. The van der Waals surface area contributed by atoms with Crippen molar-refractivity contribution in [2.75, 3.05) is 4.72 Å². The number of hydrogen-bond donors (Lipinski definition) is 2. The minimum Gasteiger partial charge on any atom is -0.316 e. The SMILES string of the molecule is Fc1ccc(Cn2ccc(NS)n2)c(Cl)c1. The van der Waals surface area contributed by atoms with Crippen LogP contribution >= 0.6 is 24.4 Å². The van der Waals surface area contributed by atoms with Crippen molar-refractivity contribution in [3.8, 4) is 0 Å². The van der Waals surface area contributed by atoms with Gasteiger partial charge in [0.15, 0.2) is 5.82 Å². The summed E-state index contributed by atoms with van der Waals surface area (Å²) in [4.78, 5) is 0. The third-order valence-electron chi connectivity index (χ3n) is 2.10. The van der Waals surface area contributed by atoms with Gasteiger partial charge in [0.05, 0.1) is 6.54 Å². The standard InChI is InChI=1S/C10H9ClFN3S/c11-9-5-8(12)2-1-7(9)6-15-4-3-10(13-15)14-16/h1-5,16H,6H2,(H,13,14). The third-order valence-corrected chi connectivity index (χ3v) is 2.68. The second-order valence-electron chi connectivity index (χ2n) is 3.25. The summed E-state index contributed by atoms with van der Waals surface area (Å²) in [7, 11) is 0. The summed E-state index contributed by atoms with van der Waals surface area (Å²) in [5, 5.41) is 4.56. The first-order valence-electron chi connectivity index (χ1n) is 4.56. The molecule has 0 radical (unpaired) electrons. The highest BCUT2D eigenvalue weighted by Gasteiger charge is 2.04. The zero-order valence-corrected chi connectivity index (χ0v) is 9.84. The van der Waals surface area contributed by atoms with Crippen molar-refractivity contribution in [1.82, 2.24) is 9.78 Å². The molecule has 84 valence electrons. The Morgan fingerprint density at radius 3 is 2.88 bits per heavy atom. The van der Waals surface area contributed by atoms with Gasteiger partial charge in [0.25, 0.3) is 0 Å². The maximum absolute atomic E-state index is 12.8. The van der Waals surface area contributed by atoms with E-state index < -0.39 is 0 Å². The number of halogens is 2. The van der Waals surface area contributed by atoms with Gasteiger partial charge in [-0.05, 0) is 17.7 Å². The number of anilines is 1. The quantitative estimate of drug-likeness (QED) is 0.828. The van der Waals surface area contributed by atoms with E-state index in [4.69, 9.17) is 11.6 Å². The smallest absolute Gasteiger partial charge is 0.157 e. The Hall–Kier alpha value is -1.20. The molecule has 3 nitrogen and oxygen atoms in total. The minimum atomic E-state index is -0.341. The van der Waals surface area contributed by atoms with E-state index in [2.05, 4.69) is 22.6 Å². The van der Waals surface area contributed by atoms with Crippen molar-refractivity contribution < 1.29 is 4.39 Å². The van der Waals surface area contributed by atoms with Gasteiger partial charge in [0.2, 0.25) is 0 Å². The van der Waals surface area contributed by atoms with E-state index in [1.54, 1.807) is 23.0 Å². The summed E-state index contributed by atoms with van der Waals surface area (Å²) in [5.74, 6) is 0.313. The fraction of sp³-hybridized carbons (Fsp3) is 0.100. The minimum absolute atomic E-state index is 0.341. The van der Waals surface area contributed by atoms with Crippen LogP contribution in [0.25, 0.3) is 0 Å². The molecule has 0 aliphatic carbocycles. The molecule has 0 saturated heterocycles. The van der Waals surface area contributed by atoms with E-state index in [1.807, 2.05) is 0 Å². The first-order valence-corrected chi connectivity index (χ1v) is 5.39. The molecule has 0 amide bonds.